The Hall–Kier alpha value is -0.900. The zero-order valence-electron chi connectivity index (χ0n) is 11.7. The molecule has 0 saturated heterocycles. The molecular weight excluding hydrogens is 224 g/mol. The number of hydrogen-bond acceptors (Lipinski definition) is 3. The van der Waals surface area contributed by atoms with Gasteiger partial charge in [0.05, 0.1) is 6.61 Å². The molecular formula is C15H26N2O. The minimum Gasteiger partial charge on any atom is -0.380 e. The van der Waals surface area contributed by atoms with Crippen LogP contribution >= 0.6 is 0 Å². The van der Waals surface area contributed by atoms with Gasteiger partial charge in [0.1, 0.15) is 0 Å². The highest BCUT2D eigenvalue weighted by molar-refractivity contribution is 5.23. The third-order valence-corrected chi connectivity index (χ3v) is 2.94. The summed E-state index contributed by atoms with van der Waals surface area (Å²) in [6.07, 6.45) is 2.35. The van der Waals surface area contributed by atoms with Crippen molar-refractivity contribution in [2.75, 3.05) is 26.8 Å². The van der Waals surface area contributed by atoms with Gasteiger partial charge < -0.3 is 10.5 Å². The monoisotopic (exact) mass is 250 g/mol. The van der Waals surface area contributed by atoms with E-state index in [9.17, 15) is 0 Å². The first-order valence-electron chi connectivity index (χ1n) is 6.80. The van der Waals surface area contributed by atoms with Gasteiger partial charge in [0.2, 0.25) is 0 Å². The van der Waals surface area contributed by atoms with Crippen molar-refractivity contribution in [3.8, 4) is 0 Å². The maximum atomic E-state index is 5.64. The summed E-state index contributed by atoms with van der Waals surface area (Å²) >= 11 is 0. The molecule has 1 aromatic carbocycles. The van der Waals surface area contributed by atoms with Crippen molar-refractivity contribution in [3.63, 3.8) is 0 Å². The maximum absolute atomic E-state index is 5.64. The number of nitrogens with two attached hydrogens (primary N) is 1. The molecule has 0 saturated carbocycles. The molecule has 0 aliphatic rings. The van der Waals surface area contributed by atoms with E-state index in [0.29, 0.717) is 6.54 Å². The molecule has 0 amide bonds. The summed E-state index contributed by atoms with van der Waals surface area (Å²) in [4.78, 5) is 2.28. The van der Waals surface area contributed by atoms with Crippen LogP contribution in [0.25, 0.3) is 0 Å². The Morgan fingerprint density at radius 2 is 2.00 bits per heavy atom. The lowest BCUT2D eigenvalue weighted by Gasteiger charge is -2.17. The van der Waals surface area contributed by atoms with Gasteiger partial charge in [-0.05, 0) is 24.6 Å². The van der Waals surface area contributed by atoms with Gasteiger partial charge in [0, 0.05) is 26.2 Å². The Labute approximate surface area is 111 Å². The van der Waals surface area contributed by atoms with E-state index in [1.54, 1.807) is 0 Å². The second-order valence-corrected chi connectivity index (χ2v) is 4.73. The van der Waals surface area contributed by atoms with Gasteiger partial charge in [-0.3, -0.25) is 4.90 Å². The van der Waals surface area contributed by atoms with E-state index in [-0.39, 0.29) is 0 Å². The van der Waals surface area contributed by atoms with Crippen molar-refractivity contribution in [1.82, 2.24) is 4.90 Å². The first-order chi connectivity index (χ1) is 8.76. The molecule has 0 spiro atoms. The molecule has 0 fully saturated rings. The molecule has 0 heterocycles. The van der Waals surface area contributed by atoms with Crippen LogP contribution in [-0.4, -0.2) is 31.7 Å². The number of nitrogens with zero attached hydrogens (tertiary/aromatic N) is 1. The molecule has 0 aliphatic heterocycles. The van der Waals surface area contributed by atoms with E-state index < -0.39 is 0 Å². The lowest BCUT2D eigenvalue weighted by atomic mass is 10.1. The molecule has 1 rings (SSSR count). The molecule has 1 aromatic rings. The van der Waals surface area contributed by atoms with Gasteiger partial charge in [-0.2, -0.15) is 0 Å². The molecule has 18 heavy (non-hydrogen) atoms. The first kappa shape index (κ1) is 15.2. The number of likely N-dealkylation sites (N-methyl/N-ethyl adjacent to an activating group) is 1. The zero-order chi connectivity index (χ0) is 13.2. The Morgan fingerprint density at radius 3 is 2.72 bits per heavy atom. The van der Waals surface area contributed by atoms with Crippen molar-refractivity contribution in [3.05, 3.63) is 35.4 Å². The second kappa shape index (κ2) is 9.09. The van der Waals surface area contributed by atoms with E-state index in [0.717, 1.165) is 32.7 Å². The smallest absolute Gasteiger partial charge is 0.0593 e. The number of rotatable bonds is 9. The van der Waals surface area contributed by atoms with Gasteiger partial charge in [-0.25, -0.2) is 0 Å². The molecule has 3 heteroatoms. The molecule has 0 aliphatic carbocycles. The quantitative estimate of drug-likeness (QED) is 0.684. The third-order valence-electron chi connectivity index (χ3n) is 2.94. The molecule has 0 atom stereocenters. The third kappa shape index (κ3) is 6.15. The minimum atomic E-state index is 0.609. The van der Waals surface area contributed by atoms with Gasteiger partial charge in [0.25, 0.3) is 0 Å². The SMILES string of the molecule is CCCCOCCN(C)Cc1cccc(CN)c1. The summed E-state index contributed by atoms with van der Waals surface area (Å²) < 4.78 is 5.57. The Balaban J connectivity index is 2.24. The fourth-order valence-electron chi connectivity index (χ4n) is 1.81. The highest BCUT2D eigenvalue weighted by atomic mass is 16.5. The lowest BCUT2D eigenvalue weighted by Crippen LogP contribution is -2.23. The van der Waals surface area contributed by atoms with Crippen LogP contribution in [0.1, 0.15) is 30.9 Å². The summed E-state index contributed by atoms with van der Waals surface area (Å²) in [5.74, 6) is 0. The van der Waals surface area contributed by atoms with Crippen LogP contribution in [0, 0.1) is 0 Å². The predicted molar refractivity (Wildman–Crippen MR) is 76.4 cm³/mol. The number of benzene rings is 1. The minimum absolute atomic E-state index is 0.609. The van der Waals surface area contributed by atoms with E-state index in [1.807, 2.05) is 0 Å². The second-order valence-electron chi connectivity index (χ2n) is 4.73. The fraction of sp³-hybridized carbons (Fsp3) is 0.600. The molecule has 3 nitrogen and oxygen atoms in total. The largest absolute Gasteiger partial charge is 0.380 e. The fourth-order valence-corrected chi connectivity index (χ4v) is 1.81. The van der Waals surface area contributed by atoms with E-state index in [1.165, 1.54) is 17.5 Å². The highest BCUT2D eigenvalue weighted by Crippen LogP contribution is 2.07. The molecule has 0 unspecified atom stereocenters. The van der Waals surface area contributed by atoms with E-state index >= 15 is 0 Å². The summed E-state index contributed by atoms with van der Waals surface area (Å²) in [5.41, 5.74) is 8.15. The average Bonchev–Trinajstić information content (AvgIpc) is 2.38. The van der Waals surface area contributed by atoms with Crippen LogP contribution < -0.4 is 5.73 Å². The van der Waals surface area contributed by atoms with Crippen LogP contribution in [0.15, 0.2) is 24.3 Å². The molecule has 0 bridgehead atoms. The van der Waals surface area contributed by atoms with Crippen molar-refractivity contribution < 1.29 is 4.74 Å². The van der Waals surface area contributed by atoms with Crippen LogP contribution in [0.2, 0.25) is 0 Å². The van der Waals surface area contributed by atoms with Crippen molar-refractivity contribution >= 4 is 0 Å². The standard InChI is InChI=1S/C15H26N2O/c1-3-4-9-18-10-8-17(2)13-15-7-5-6-14(11-15)12-16/h5-7,11H,3-4,8-10,12-13,16H2,1-2H3. The Bertz CT molecular complexity index is 328. The first-order valence-corrected chi connectivity index (χ1v) is 6.80. The molecule has 0 aromatic heterocycles. The van der Waals surface area contributed by atoms with E-state index in [2.05, 4.69) is 43.1 Å². The van der Waals surface area contributed by atoms with Crippen LogP contribution in [0.4, 0.5) is 0 Å². The highest BCUT2D eigenvalue weighted by Gasteiger charge is 2.01. The zero-order valence-corrected chi connectivity index (χ0v) is 11.7. The number of unbranched alkanes of at least 4 members (excludes halogenated alkanes) is 1. The summed E-state index contributed by atoms with van der Waals surface area (Å²) in [5, 5.41) is 0. The van der Waals surface area contributed by atoms with Gasteiger partial charge >= 0.3 is 0 Å². The van der Waals surface area contributed by atoms with Crippen molar-refractivity contribution in [2.45, 2.75) is 32.9 Å². The van der Waals surface area contributed by atoms with Crippen molar-refractivity contribution in [2.24, 2.45) is 5.73 Å². The predicted octanol–water partition coefficient (Wildman–Crippen LogP) is 2.39. The van der Waals surface area contributed by atoms with Crippen LogP contribution in [-0.2, 0) is 17.8 Å². The molecule has 102 valence electrons. The van der Waals surface area contributed by atoms with Gasteiger partial charge in [0.15, 0.2) is 0 Å². The molecule has 0 radical (unpaired) electrons. The Kier molecular flexibility index (Phi) is 7.65. The number of ether oxygens (including phenoxy) is 1. The Morgan fingerprint density at radius 1 is 1.22 bits per heavy atom. The molecule has 2 N–H and O–H groups in total. The van der Waals surface area contributed by atoms with Gasteiger partial charge in [-0.15, -0.1) is 0 Å². The normalized spacial score (nSPS) is 11.1. The van der Waals surface area contributed by atoms with Crippen molar-refractivity contribution in [1.29, 1.82) is 0 Å². The lowest BCUT2D eigenvalue weighted by molar-refractivity contribution is 0.107. The van der Waals surface area contributed by atoms with Crippen LogP contribution in [0.5, 0.6) is 0 Å². The number of hydrogen-bond donors (Lipinski definition) is 1. The van der Waals surface area contributed by atoms with Crippen LogP contribution in [0.3, 0.4) is 0 Å². The summed E-state index contributed by atoms with van der Waals surface area (Å²) in [7, 11) is 2.12. The summed E-state index contributed by atoms with van der Waals surface area (Å²) in [6.45, 7) is 6.40. The average molecular weight is 250 g/mol. The maximum Gasteiger partial charge on any atom is 0.0593 e. The van der Waals surface area contributed by atoms with E-state index in [4.69, 9.17) is 10.5 Å². The summed E-state index contributed by atoms with van der Waals surface area (Å²) in [6, 6.07) is 8.46. The van der Waals surface area contributed by atoms with Gasteiger partial charge in [-0.1, -0.05) is 37.6 Å². The topological polar surface area (TPSA) is 38.5 Å².